The molecule has 0 aromatic rings. The lowest BCUT2D eigenvalue weighted by atomic mass is 9.54. The van der Waals surface area contributed by atoms with E-state index in [2.05, 4.69) is 12.2 Å². The van der Waals surface area contributed by atoms with E-state index < -0.39 is 5.60 Å². The number of esters is 1. The Bertz CT molecular complexity index is 870. The van der Waals surface area contributed by atoms with Gasteiger partial charge in [0.1, 0.15) is 5.60 Å². The number of hydrogen-bond acceptors (Lipinski definition) is 3. The van der Waals surface area contributed by atoms with Crippen LogP contribution in [-0.4, -0.2) is 24.8 Å². The molecular formula is C28H38O3. The van der Waals surface area contributed by atoms with Gasteiger partial charge in [-0.2, -0.15) is 0 Å². The zero-order valence-electron chi connectivity index (χ0n) is 19.4. The van der Waals surface area contributed by atoms with E-state index >= 15 is 0 Å². The monoisotopic (exact) mass is 422 g/mol. The molecule has 8 bridgehead atoms. The van der Waals surface area contributed by atoms with Gasteiger partial charge < -0.3 is 9.47 Å². The van der Waals surface area contributed by atoms with Gasteiger partial charge in [0.15, 0.2) is 0 Å². The van der Waals surface area contributed by atoms with Crippen molar-refractivity contribution in [2.75, 3.05) is 7.11 Å². The summed E-state index contributed by atoms with van der Waals surface area (Å²) in [7, 11) is 1.84. The lowest BCUT2D eigenvalue weighted by Crippen LogP contribution is -2.51. The zero-order valence-corrected chi connectivity index (χ0v) is 19.4. The van der Waals surface area contributed by atoms with Crippen molar-refractivity contribution >= 4 is 5.97 Å². The van der Waals surface area contributed by atoms with Crippen LogP contribution in [0.5, 0.6) is 0 Å². The normalized spacial score (nSPS) is 63.1. The fraction of sp³-hybridized carbons (Fsp3) is 0.893. The zero-order chi connectivity index (χ0) is 21.0. The maximum atomic E-state index is 13.3. The van der Waals surface area contributed by atoms with Crippen LogP contribution in [0.3, 0.4) is 0 Å². The Labute approximate surface area is 186 Å². The van der Waals surface area contributed by atoms with E-state index in [1.165, 1.54) is 19.3 Å². The number of methoxy groups -OCH3 is 1. The number of ether oxygens (including phenoxy) is 2. The van der Waals surface area contributed by atoms with Crippen LogP contribution in [-0.2, 0) is 14.3 Å². The number of fused-ring (bicyclic) bond motifs is 23. The Morgan fingerprint density at radius 3 is 1.74 bits per heavy atom. The molecule has 7 saturated carbocycles. The highest BCUT2D eigenvalue weighted by atomic mass is 16.6. The molecule has 0 heterocycles. The van der Waals surface area contributed by atoms with Crippen molar-refractivity contribution in [2.24, 2.45) is 88.8 Å². The number of allylic oxidation sites excluding steroid dienone is 2. The van der Waals surface area contributed by atoms with Gasteiger partial charge in [0, 0.05) is 7.11 Å². The summed E-state index contributed by atoms with van der Waals surface area (Å²) in [5.41, 5.74) is -0.411. The van der Waals surface area contributed by atoms with E-state index in [9.17, 15) is 4.79 Å². The Balaban J connectivity index is 1.13. The molecule has 0 aliphatic heterocycles. The molecule has 16 unspecified atom stereocenters. The molecule has 31 heavy (non-hydrogen) atoms. The highest BCUT2D eigenvalue weighted by Crippen LogP contribution is 2.81. The largest absolute Gasteiger partial charge is 0.460 e. The fourth-order valence-electron chi connectivity index (χ4n) is 12.4. The average molecular weight is 423 g/mol. The van der Waals surface area contributed by atoms with E-state index in [1.807, 2.05) is 27.9 Å². The van der Waals surface area contributed by atoms with Crippen molar-refractivity contribution < 1.29 is 14.3 Å². The van der Waals surface area contributed by atoms with Crippen LogP contribution in [0.15, 0.2) is 12.2 Å². The van der Waals surface area contributed by atoms with Crippen LogP contribution >= 0.6 is 0 Å². The van der Waals surface area contributed by atoms with Crippen molar-refractivity contribution in [3.8, 4) is 0 Å². The minimum Gasteiger partial charge on any atom is -0.460 e. The van der Waals surface area contributed by atoms with Crippen LogP contribution in [0, 0.1) is 88.8 Å². The van der Waals surface area contributed by atoms with Crippen molar-refractivity contribution in [2.45, 2.75) is 58.2 Å². The summed E-state index contributed by atoms with van der Waals surface area (Å²) in [5, 5.41) is 0. The van der Waals surface area contributed by atoms with Crippen molar-refractivity contribution in [3.05, 3.63) is 12.2 Å². The topological polar surface area (TPSA) is 35.5 Å². The molecule has 8 aliphatic carbocycles. The second kappa shape index (κ2) is 5.62. The van der Waals surface area contributed by atoms with Crippen LogP contribution in [0.2, 0.25) is 0 Å². The van der Waals surface area contributed by atoms with Crippen LogP contribution in [0.25, 0.3) is 0 Å². The number of carbonyl (C=O) groups is 1. The molecule has 0 spiro atoms. The Kier molecular flexibility index (Phi) is 3.37. The van der Waals surface area contributed by atoms with E-state index in [-0.39, 0.29) is 18.0 Å². The number of rotatable bonds is 2. The third-order valence-electron chi connectivity index (χ3n) is 12.2. The second-order valence-electron chi connectivity index (χ2n) is 13.9. The van der Waals surface area contributed by atoms with Crippen molar-refractivity contribution in [1.29, 1.82) is 0 Å². The van der Waals surface area contributed by atoms with Gasteiger partial charge in [-0.25, -0.2) is 0 Å². The first-order valence-electron chi connectivity index (χ1n) is 13.3. The molecule has 8 rings (SSSR count). The Hall–Kier alpha value is -0.830. The van der Waals surface area contributed by atoms with E-state index in [0.29, 0.717) is 11.8 Å². The molecule has 0 saturated heterocycles. The molecule has 0 aromatic carbocycles. The molecule has 0 aromatic heterocycles. The minimum atomic E-state index is -0.411. The quantitative estimate of drug-likeness (QED) is 0.364. The summed E-state index contributed by atoms with van der Waals surface area (Å²) in [5.74, 6) is 12.5. The molecule has 3 nitrogen and oxygen atoms in total. The maximum Gasteiger partial charge on any atom is 0.312 e. The molecule has 0 amide bonds. The van der Waals surface area contributed by atoms with E-state index in [0.717, 1.165) is 71.0 Å². The van der Waals surface area contributed by atoms with Crippen LogP contribution < -0.4 is 0 Å². The van der Waals surface area contributed by atoms with Gasteiger partial charge in [-0.1, -0.05) is 12.2 Å². The smallest absolute Gasteiger partial charge is 0.312 e. The molecule has 8 aliphatic rings. The molecule has 7 fully saturated rings. The Morgan fingerprint density at radius 2 is 1.19 bits per heavy atom. The van der Waals surface area contributed by atoms with Crippen LogP contribution in [0.1, 0.15) is 46.5 Å². The molecule has 16 atom stereocenters. The lowest BCUT2D eigenvalue weighted by Gasteiger charge is -2.51. The lowest BCUT2D eigenvalue weighted by molar-refractivity contribution is -0.173. The third-order valence-corrected chi connectivity index (χ3v) is 12.2. The van der Waals surface area contributed by atoms with Gasteiger partial charge in [-0.3, -0.25) is 4.79 Å². The average Bonchev–Trinajstić information content (AvgIpc) is 3.52. The van der Waals surface area contributed by atoms with Gasteiger partial charge in [-0.05, 0) is 129 Å². The number of hydrogen-bond donors (Lipinski definition) is 0. The van der Waals surface area contributed by atoms with Gasteiger partial charge >= 0.3 is 5.97 Å². The standard InChI is InChI=1S/C28H38O3/c1-28(2,3)31-27(29)25-17-10-18(26(25)30-4)24-16-9-15(23(17)24)21-13-8-14(22(16)21)20-12-6-5-11(7-12)19(13)20/h5-6,11-26H,7-10H2,1-4H3. The SMILES string of the molecule is COC1C2CC(C1C(=O)OC(C)(C)C)C1C3CC(C21)C1C2CC(C4C5C=CC(C5)C24)C31. The first kappa shape index (κ1) is 18.6. The summed E-state index contributed by atoms with van der Waals surface area (Å²) in [6, 6.07) is 0. The molecule has 168 valence electrons. The molecule has 0 N–H and O–H groups in total. The molecule has 3 heteroatoms. The highest BCUT2D eigenvalue weighted by Gasteiger charge is 2.77. The van der Waals surface area contributed by atoms with E-state index in [1.54, 1.807) is 6.42 Å². The van der Waals surface area contributed by atoms with Gasteiger partial charge in [0.05, 0.1) is 12.0 Å². The minimum absolute atomic E-state index is 0.0231. The van der Waals surface area contributed by atoms with Crippen LogP contribution in [0.4, 0.5) is 0 Å². The predicted octanol–water partition coefficient (Wildman–Crippen LogP) is 4.81. The summed E-state index contributed by atoms with van der Waals surface area (Å²) in [6.45, 7) is 6.00. The predicted molar refractivity (Wildman–Crippen MR) is 117 cm³/mol. The summed E-state index contributed by atoms with van der Waals surface area (Å²) in [4.78, 5) is 13.3. The molecular weight excluding hydrogens is 384 g/mol. The first-order chi connectivity index (χ1) is 14.9. The van der Waals surface area contributed by atoms with Crippen molar-refractivity contribution in [3.63, 3.8) is 0 Å². The third kappa shape index (κ3) is 2.02. The fourth-order valence-corrected chi connectivity index (χ4v) is 12.4. The van der Waals surface area contributed by atoms with E-state index in [4.69, 9.17) is 9.47 Å². The summed E-state index contributed by atoms with van der Waals surface area (Å²) in [6.07, 6.45) is 11.0. The van der Waals surface area contributed by atoms with Gasteiger partial charge in [0.2, 0.25) is 0 Å². The highest BCUT2D eigenvalue weighted by molar-refractivity contribution is 5.75. The second-order valence-corrected chi connectivity index (χ2v) is 13.9. The first-order valence-corrected chi connectivity index (χ1v) is 13.3. The number of carbonyl (C=O) groups excluding carboxylic acids is 1. The molecule has 0 radical (unpaired) electrons. The van der Waals surface area contributed by atoms with Gasteiger partial charge in [-0.15, -0.1) is 0 Å². The summed E-state index contributed by atoms with van der Waals surface area (Å²) < 4.78 is 12.0. The maximum absolute atomic E-state index is 13.3. The van der Waals surface area contributed by atoms with Crippen molar-refractivity contribution in [1.82, 2.24) is 0 Å². The summed E-state index contributed by atoms with van der Waals surface area (Å²) >= 11 is 0. The Morgan fingerprint density at radius 1 is 0.710 bits per heavy atom. The van der Waals surface area contributed by atoms with Gasteiger partial charge in [0.25, 0.3) is 0 Å².